The van der Waals surface area contributed by atoms with Gasteiger partial charge in [-0.1, -0.05) is 11.6 Å². The summed E-state index contributed by atoms with van der Waals surface area (Å²) >= 11 is 6.27. The fourth-order valence-corrected chi connectivity index (χ4v) is 2.33. The standard InChI is InChI=1S/C16H26ClNO3.ClH/c1-3-20-15-11-13(10-14(17)16(15)21-4-2)12-18-8-6-5-7-9-19;/h10-11,18-19H,3-9,12H2,1-2H3;1H. The minimum atomic E-state index is 0. The van der Waals surface area contributed by atoms with E-state index in [2.05, 4.69) is 5.32 Å². The normalized spacial score (nSPS) is 10.2. The molecule has 0 aromatic heterocycles. The van der Waals surface area contributed by atoms with Gasteiger partial charge in [0.15, 0.2) is 11.5 Å². The summed E-state index contributed by atoms with van der Waals surface area (Å²) in [6.07, 6.45) is 2.96. The van der Waals surface area contributed by atoms with Crippen molar-refractivity contribution in [2.45, 2.75) is 39.7 Å². The van der Waals surface area contributed by atoms with Crippen LogP contribution in [-0.4, -0.2) is 31.5 Å². The lowest BCUT2D eigenvalue weighted by atomic mass is 10.2. The van der Waals surface area contributed by atoms with Gasteiger partial charge in [-0.05, 0) is 57.4 Å². The van der Waals surface area contributed by atoms with Crippen LogP contribution in [0.2, 0.25) is 5.02 Å². The molecule has 1 rings (SSSR count). The number of ether oxygens (including phenoxy) is 2. The Hall–Kier alpha value is -0.680. The highest BCUT2D eigenvalue weighted by molar-refractivity contribution is 6.32. The average Bonchev–Trinajstić information content (AvgIpc) is 2.46. The van der Waals surface area contributed by atoms with Gasteiger partial charge in [0.2, 0.25) is 0 Å². The second-order valence-electron chi connectivity index (χ2n) is 4.73. The van der Waals surface area contributed by atoms with E-state index in [0.29, 0.717) is 29.7 Å². The van der Waals surface area contributed by atoms with Gasteiger partial charge in [-0.2, -0.15) is 0 Å². The summed E-state index contributed by atoms with van der Waals surface area (Å²) in [7, 11) is 0. The van der Waals surface area contributed by atoms with E-state index >= 15 is 0 Å². The van der Waals surface area contributed by atoms with E-state index in [0.717, 1.165) is 37.9 Å². The molecule has 0 atom stereocenters. The number of unbranched alkanes of at least 4 members (excludes halogenated alkanes) is 2. The molecule has 0 aliphatic rings. The number of benzene rings is 1. The van der Waals surface area contributed by atoms with Crippen molar-refractivity contribution in [3.8, 4) is 11.5 Å². The first-order valence-corrected chi connectivity index (χ1v) is 8.00. The summed E-state index contributed by atoms with van der Waals surface area (Å²) in [5, 5.41) is 12.7. The number of rotatable bonds is 11. The van der Waals surface area contributed by atoms with E-state index < -0.39 is 0 Å². The summed E-state index contributed by atoms with van der Waals surface area (Å²) in [6, 6.07) is 3.89. The van der Waals surface area contributed by atoms with Crippen molar-refractivity contribution in [3.63, 3.8) is 0 Å². The lowest BCUT2D eigenvalue weighted by Crippen LogP contribution is -2.15. The highest BCUT2D eigenvalue weighted by atomic mass is 35.5. The van der Waals surface area contributed by atoms with E-state index in [1.54, 1.807) is 0 Å². The average molecular weight is 352 g/mol. The smallest absolute Gasteiger partial charge is 0.179 e. The van der Waals surface area contributed by atoms with Gasteiger partial charge in [0.25, 0.3) is 0 Å². The first kappa shape index (κ1) is 21.3. The monoisotopic (exact) mass is 351 g/mol. The first-order valence-electron chi connectivity index (χ1n) is 7.62. The number of aliphatic hydroxyl groups excluding tert-OH is 1. The Morgan fingerprint density at radius 1 is 1.09 bits per heavy atom. The van der Waals surface area contributed by atoms with Crippen molar-refractivity contribution in [2.24, 2.45) is 0 Å². The van der Waals surface area contributed by atoms with Crippen LogP contribution in [0.5, 0.6) is 11.5 Å². The highest BCUT2D eigenvalue weighted by Gasteiger charge is 2.11. The lowest BCUT2D eigenvalue weighted by molar-refractivity contribution is 0.282. The zero-order valence-electron chi connectivity index (χ0n) is 13.4. The molecule has 0 aliphatic carbocycles. The van der Waals surface area contributed by atoms with Gasteiger partial charge in [-0.25, -0.2) is 0 Å². The summed E-state index contributed by atoms with van der Waals surface area (Å²) in [4.78, 5) is 0. The van der Waals surface area contributed by atoms with Crippen molar-refractivity contribution in [2.75, 3.05) is 26.4 Å². The minimum Gasteiger partial charge on any atom is -0.490 e. The van der Waals surface area contributed by atoms with E-state index in [9.17, 15) is 0 Å². The fraction of sp³-hybridized carbons (Fsp3) is 0.625. The molecule has 4 nitrogen and oxygen atoms in total. The zero-order valence-corrected chi connectivity index (χ0v) is 14.9. The van der Waals surface area contributed by atoms with Gasteiger partial charge in [0.1, 0.15) is 0 Å². The van der Waals surface area contributed by atoms with Crippen LogP contribution >= 0.6 is 24.0 Å². The topological polar surface area (TPSA) is 50.7 Å². The SMILES string of the molecule is CCOc1cc(CNCCCCCO)cc(Cl)c1OCC.Cl. The summed E-state index contributed by atoms with van der Waals surface area (Å²) in [5.41, 5.74) is 1.08. The number of hydrogen-bond acceptors (Lipinski definition) is 4. The number of nitrogens with one attached hydrogen (secondary N) is 1. The van der Waals surface area contributed by atoms with Crippen LogP contribution in [0, 0.1) is 0 Å². The largest absolute Gasteiger partial charge is 0.490 e. The van der Waals surface area contributed by atoms with E-state index in [1.807, 2.05) is 26.0 Å². The Balaban J connectivity index is 0.00000441. The van der Waals surface area contributed by atoms with Crippen molar-refractivity contribution in [3.05, 3.63) is 22.7 Å². The molecule has 2 N–H and O–H groups in total. The summed E-state index contributed by atoms with van der Waals surface area (Å²) in [6.45, 7) is 6.94. The molecule has 0 fully saturated rings. The first-order chi connectivity index (χ1) is 10.2. The van der Waals surface area contributed by atoms with E-state index in [-0.39, 0.29) is 19.0 Å². The predicted octanol–water partition coefficient (Wildman–Crippen LogP) is 3.81. The molecule has 0 heterocycles. The zero-order chi connectivity index (χ0) is 15.5. The molecule has 6 heteroatoms. The van der Waals surface area contributed by atoms with Gasteiger partial charge in [0.05, 0.1) is 18.2 Å². The van der Waals surface area contributed by atoms with Gasteiger partial charge in [-0.15, -0.1) is 12.4 Å². The van der Waals surface area contributed by atoms with Crippen LogP contribution in [0.15, 0.2) is 12.1 Å². The van der Waals surface area contributed by atoms with Crippen LogP contribution < -0.4 is 14.8 Å². The van der Waals surface area contributed by atoms with Gasteiger partial charge in [0, 0.05) is 13.2 Å². The Kier molecular flexibility index (Phi) is 12.4. The molecule has 0 bridgehead atoms. The van der Waals surface area contributed by atoms with Crippen molar-refractivity contribution in [1.29, 1.82) is 0 Å². The van der Waals surface area contributed by atoms with Crippen molar-refractivity contribution >= 4 is 24.0 Å². The second-order valence-corrected chi connectivity index (χ2v) is 5.14. The maximum atomic E-state index is 8.72. The molecule has 0 spiro atoms. The Morgan fingerprint density at radius 3 is 2.45 bits per heavy atom. The lowest BCUT2D eigenvalue weighted by Gasteiger charge is -2.14. The predicted molar refractivity (Wildman–Crippen MR) is 93.7 cm³/mol. The van der Waals surface area contributed by atoms with Crippen molar-refractivity contribution in [1.82, 2.24) is 5.32 Å². The molecule has 128 valence electrons. The van der Waals surface area contributed by atoms with Crippen LogP contribution in [0.4, 0.5) is 0 Å². The fourth-order valence-electron chi connectivity index (χ4n) is 2.04. The summed E-state index contributed by atoms with van der Waals surface area (Å²) < 4.78 is 11.1. The van der Waals surface area contributed by atoms with Gasteiger partial charge in [-0.3, -0.25) is 0 Å². The van der Waals surface area contributed by atoms with Crippen LogP contribution in [0.1, 0.15) is 38.7 Å². The van der Waals surface area contributed by atoms with E-state index in [4.69, 9.17) is 26.2 Å². The third kappa shape index (κ3) is 7.54. The molecule has 0 saturated carbocycles. The van der Waals surface area contributed by atoms with Gasteiger partial charge < -0.3 is 19.9 Å². The minimum absolute atomic E-state index is 0. The number of hydrogen-bond donors (Lipinski definition) is 2. The maximum absolute atomic E-state index is 8.72. The van der Waals surface area contributed by atoms with Gasteiger partial charge >= 0.3 is 0 Å². The molecule has 22 heavy (non-hydrogen) atoms. The third-order valence-corrected chi connectivity index (χ3v) is 3.28. The van der Waals surface area contributed by atoms with E-state index in [1.165, 1.54) is 0 Å². The molecule has 0 amide bonds. The number of aliphatic hydroxyl groups is 1. The van der Waals surface area contributed by atoms with Crippen LogP contribution in [-0.2, 0) is 6.54 Å². The van der Waals surface area contributed by atoms with Crippen LogP contribution in [0.3, 0.4) is 0 Å². The second kappa shape index (κ2) is 12.8. The molecule has 1 aromatic carbocycles. The Morgan fingerprint density at radius 2 is 1.82 bits per heavy atom. The Bertz CT molecular complexity index is 417. The summed E-state index contributed by atoms with van der Waals surface area (Å²) in [5.74, 6) is 1.32. The number of halogens is 2. The molecule has 0 aliphatic heterocycles. The van der Waals surface area contributed by atoms with Crippen LogP contribution in [0.25, 0.3) is 0 Å². The molecular weight excluding hydrogens is 325 g/mol. The van der Waals surface area contributed by atoms with Crippen molar-refractivity contribution < 1.29 is 14.6 Å². The third-order valence-electron chi connectivity index (χ3n) is 3.00. The molecule has 0 radical (unpaired) electrons. The highest BCUT2D eigenvalue weighted by Crippen LogP contribution is 2.36. The Labute approximate surface area is 144 Å². The quantitative estimate of drug-likeness (QED) is 0.595. The molecule has 1 aromatic rings. The molecular formula is C16H27Cl2NO3. The molecule has 0 unspecified atom stereocenters. The maximum Gasteiger partial charge on any atom is 0.179 e. The molecule has 0 saturated heterocycles.